The molecule has 4 rings (SSSR count). The van der Waals surface area contributed by atoms with Gasteiger partial charge in [-0.3, -0.25) is 0 Å². The summed E-state index contributed by atoms with van der Waals surface area (Å²) in [6, 6.07) is 9.49. The van der Waals surface area contributed by atoms with Crippen molar-refractivity contribution in [2.24, 2.45) is 11.8 Å². The largest absolute Gasteiger partial charge is 0.550 e. The number of carbonyl (C=O) groups is 4. The Morgan fingerprint density at radius 1 is 0.511 bits per heavy atom. The fourth-order valence-electron chi connectivity index (χ4n) is 6.09. The molecule has 2 aromatic carbocycles. The van der Waals surface area contributed by atoms with E-state index in [0.29, 0.717) is 37.5 Å². The minimum atomic E-state index is -1.10. The van der Waals surface area contributed by atoms with E-state index in [-0.39, 0.29) is 46.3 Å². The van der Waals surface area contributed by atoms with Crippen molar-refractivity contribution in [3.63, 3.8) is 0 Å². The summed E-state index contributed by atoms with van der Waals surface area (Å²) in [5.74, 6) is -0.134. The number of ether oxygens (including phenoxy) is 6. The molecule has 2 saturated carbocycles. The lowest BCUT2D eigenvalue weighted by atomic mass is 9.76. The second kappa shape index (κ2) is 17.2. The third-order valence-corrected chi connectivity index (χ3v) is 8.41. The Kier molecular flexibility index (Phi) is 12.8. The predicted molar refractivity (Wildman–Crippen MR) is 161 cm³/mol. The molecule has 14 nitrogen and oxygen atoms in total. The van der Waals surface area contributed by atoms with Crippen molar-refractivity contribution < 1.29 is 67.1 Å². The zero-order valence-electron chi connectivity index (χ0n) is 26.9. The molecule has 0 bridgehead atoms. The molecule has 2 aliphatic carbocycles. The van der Waals surface area contributed by atoms with Crippen LogP contribution in [0.1, 0.15) is 78.5 Å². The molecule has 256 valence electrons. The molecule has 2 aliphatic rings. The maximum absolute atomic E-state index is 12.5. The van der Waals surface area contributed by atoms with Gasteiger partial charge in [-0.05, 0) is 93.9 Å². The molecule has 0 aromatic heterocycles. The molecule has 0 heterocycles. The number of rotatable bonds is 10. The highest BCUT2D eigenvalue weighted by Gasteiger charge is 2.31. The monoisotopic (exact) mass is 660 g/mol. The summed E-state index contributed by atoms with van der Waals surface area (Å²) in [7, 11) is 5.56. The van der Waals surface area contributed by atoms with Gasteiger partial charge in [-0.2, -0.15) is 9.59 Å². The molecule has 0 aliphatic heterocycles. The summed E-state index contributed by atoms with van der Waals surface area (Å²) >= 11 is 0. The van der Waals surface area contributed by atoms with Gasteiger partial charge in [0, 0.05) is 0 Å². The van der Waals surface area contributed by atoms with Gasteiger partial charge in [0.1, 0.15) is 46.3 Å². The van der Waals surface area contributed by atoms with Gasteiger partial charge in [0.05, 0.1) is 28.4 Å². The molecule has 47 heavy (non-hydrogen) atoms. The van der Waals surface area contributed by atoms with Crippen molar-refractivity contribution in [2.45, 2.75) is 70.0 Å². The predicted octanol–water partition coefficient (Wildman–Crippen LogP) is 6.38. The van der Waals surface area contributed by atoms with Gasteiger partial charge in [-0.15, -0.1) is 0 Å². The number of benzene rings is 2. The van der Waals surface area contributed by atoms with E-state index in [2.05, 4.69) is 19.6 Å². The topological polar surface area (TPSA) is 161 Å². The van der Waals surface area contributed by atoms with E-state index >= 15 is 0 Å². The first-order valence-electron chi connectivity index (χ1n) is 15.4. The van der Waals surface area contributed by atoms with E-state index in [9.17, 15) is 19.2 Å². The van der Waals surface area contributed by atoms with Gasteiger partial charge in [-0.1, -0.05) is 12.1 Å². The smallest absolute Gasteiger partial charge is 0.496 e. The van der Waals surface area contributed by atoms with Gasteiger partial charge >= 0.3 is 24.2 Å². The zero-order chi connectivity index (χ0) is 33.8. The Labute approximate surface area is 272 Å². The van der Waals surface area contributed by atoms with Crippen LogP contribution in [0.25, 0.3) is 0 Å². The van der Waals surface area contributed by atoms with Crippen LogP contribution < -0.4 is 18.9 Å². The first-order chi connectivity index (χ1) is 22.8. The molecule has 0 atom stereocenters. The fourth-order valence-corrected chi connectivity index (χ4v) is 6.09. The van der Waals surface area contributed by atoms with Crippen molar-refractivity contribution >= 4 is 24.2 Å². The standard InChI is InChI=1S/C33H40O14/c1-38-24-7-5-8-25(39-2)28(24)30(34)44-46-32(36)42-22-15-11-20(12-16-22)19-21-13-17-23(18-14-21)43-33(37)47-45-31(35)29-26(40-3)9-6-10-27(29)41-4/h5-10,20-23H,11-19H2,1-4H3. The van der Waals surface area contributed by atoms with Gasteiger partial charge in [0.15, 0.2) is 0 Å². The van der Waals surface area contributed by atoms with E-state index < -0.39 is 24.2 Å². The summed E-state index contributed by atoms with van der Waals surface area (Å²) in [4.78, 5) is 67.9. The van der Waals surface area contributed by atoms with Crippen LogP contribution in [-0.2, 0) is 29.0 Å². The summed E-state index contributed by atoms with van der Waals surface area (Å²) in [6.07, 6.45) is 4.31. The number of carbonyl (C=O) groups excluding carboxylic acids is 4. The first kappa shape index (κ1) is 35.0. The van der Waals surface area contributed by atoms with E-state index in [0.717, 1.165) is 32.1 Å². The Hall–Kier alpha value is -4.88. The molecule has 0 spiro atoms. The van der Waals surface area contributed by atoms with Gasteiger partial charge < -0.3 is 28.4 Å². The quantitative estimate of drug-likeness (QED) is 0.157. The minimum Gasteiger partial charge on any atom is -0.496 e. The third-order valence-electron chi connectivity index (χ3n) is 8.41. The average Bonchev–Trinajstić information content (AvgIpc) is 3.10. The second-order valence-electron chi connectivity index (χ2n) is 11.2. The third kappa shape index (κ3) is 9.56. The summed E-state index contributed by atoms with van der Waals surface area (Å²) in [5, 5.41) is 0. The van der Waals surface area contributed by atoms with Crippen molar-refractivity contribution in [1.29, 1.82) is 0 Å². The van der Waals surface area contributed by atoms with Crippen LogP contribution in [0.4, 0.5) is 9.59 Å². The molecule has 0 radical (unpaired) electrons. The van der Waals surface area contributed by atoms with Crippen LogP contribution in [0.3, 0.4) is 0 Å². The van der Waals surface area contributed by atoms with Crippen molar-refractivity contribution in [1.82, 2.24) is 0 Å². The highest BCUT2D eigenvalue weighted by molar-refractivity contribution is 5.96. The first-order valence-corrected chi connectivity index (χ1v) is 15.4. The van der Waals surface area contributed by atoms with Crippen molar-refractivity contribution in [3.8, 4) is 23.0 Å². The van der Waals surface area contributed by atoms with E-state index in [4.69, 9.17) is 28.4 Å². The van der Waals surface area contributed by atoms with Crippen LogP contribution in [0.5, 0.6) is 23.0 Å². The molecule has 2 fully saturated rings. The van der Waals surface area contributed by atoms with Crippen LogP contribution in [0.15, 0.2) is 36.4 Å². The fraction of sp³-hybridized carbons (Fsp3) is 0.515. The van der Waals surface area contributed by atoms with Gasteiger partial charge in [-0.25, -0.2) is 29.1 Å². The molecule has 0 amide bonds. The summed E-state index contributed by atoms with van der Waals surface area (Å²) in [5.41, 5.74) is -0.0307. The average molecular weight is 661 g/mol. The summed E-state index contributed by atoms with van der Waals surface area (Å²) < 4.78 is 31.4. The second-order valence-corrected chi connectivity index (χ2v) is 11.2. The van der Waals surface area contributed by atoms with Gasteiger partial charge in [0.25, 0.3) is 0 Å². The molecular weight excluding hydrogens is 620 g/mol. The van der Waals surface area contributed by atoms with Crippen LogP contribution in [0.2, 0.25) is 0 Å². The van der Waals surface area contributed by atoms with Gasteiger partial charge in [0.2, 0.25) is 0 Å². The molecule has 0 N–H and O–H groups in total. The lowest BCUT2D eigenvalue weighted by Crippen LogP contribution is -2.28. The molecular formula is C33H40O14. The Morgan fingerprint density at radius 3 is 1.13 bits per heavy atom. The Morgan fingerprint density at radius 2 is 0.830 bits per heavy atom. The normalized spacial score (nSPS) is 20.5. The van der Waals surface area contributed by atoms with Crippen molar-refractivity contribution in [2.75, 3.05) is 28.4 Å². The lowest BCUT2D eigenvalue weighted by Gasteiger charge is -2.33. The highest BCUT2D eigenvalue weighted by Crippen LogP contribution is 2.37. The minimum absolute atomic E-state index is 0.0153. The van der Waals surface area contributed by atoms with Crippen LogP contribution in [-0.4, -0.2) is 64.9 Å². The van der Waals surface area contributed by atoms with E-state index in [1.54, 1.807) is 36.4 Å². The molecule has 2 aromatic rings. The summed E-state index contributed by atoms with van der Waals surface area (Å²) in [6.45, 7) is 0. The maximum Gasteiger partial charge on any atom is 0.550 e. The van der Waals surface area contributed by atoms with Crippen LogP contribution >= 0.6 is 0 Å². The van der Waals surface area contributed by atoms with Crippen molar-refractivity contribution in [3.05, 3.63) is 47.5 Å². The number of methoxy groups -OCH3 is 4. The molecule has 0 unspecified atom stereocenters. The van der Waals surface area contributed by atoms with Crippen LogP contribution in [0, 0.1) is 11.8 Å². The lowest BCUT2D eigenvalue weighted by molar-refractivity contribution is -0.209. The maximum atomic E-state index is 12.5. The molecule has 14 heteroatoms. The Balaban J connectivity index is 1.11. The SMILES string of the molecule is COc1cccc(OC)c1C(=O)OOC(=O)OC1CCC(CC2CCC(OC(=O)OOC(=O)c3c(OC)cccc3OC)CC2)CC1. The number of hydrogen-bond acceptors (Lipinski definition) is 14. The number of hydrogen-bond donors (Lipinski definition) is 0. The Bertz CT molecular complexity index is 1230. The molecule has 0 saturated heterocycles. The highest BCUT2D eigenvalue weighted by atomic mass is 17.2. The van der Waals surface area contributed by atoms with E-state index in [1.165, 1.54) is 28.4 Å². The zero-order valence-corrected chi connectivity index (χ0v) is 26.9. The van der Waals surface area contributed by atoms with E-state index in [1.807, 2.05) is 0 Å².